The van der Waals surface area contributed by atoms with Crippen molar-refractivity contribution in [2.75, 3.05) is 25.7 Å². The van der Waals surface area contributed by atoms with Crippen LogP contribution in [0.25, 0.3) is 0 Å². The van der Waals surface area contributed by atoms with E-state index in [1.807, 2.05) is 54.6 Å². The molecule has 0 N–H and O–H groups in total. The van der Waals surface area contributed by atoms with Crippen LogP contribution in [0.4, 0.5) is 0 Å². The molecular weight excluding hydrogens is 344 g/mol. The van der Waals surface area contributed by atoms with E-state index in [4.69, 9.17) is 21.1 Å². The van der Waals surface area contributed by atoms with Gasteiger partial charge in [0.1, 0.15) is 5.60 Å². The van der Waals surface area contributed by atoms with Crippen molar-refractivity contribution in [3.63, 3.8) is 0 Å². The molecule has 0 amide bonds. The van der Waals surface area contributed by atoms with Gasteiger partial charge in [0.2, 0.25) is 0 Å². The maximum atomic E-state index is 6.57. The van der Waals surface area contributed by atoms with E-state index in [9.17, 15) is 0 Å². The second-order valence-corrected chi connectivity index (χ2v) is 6.31. The molecule has 134 valence electrons. The summed E-state index contributed by atoms with van der Waals surface area (Å²) < 4.78 is 12.1. The van der Waals surface area contributed by atoms with Gasteiger partial charge in [-0.15, -0.1) is 11.6 Å². The third kappa shape index (κ3) is 4.16. The van der Waals surface area contributed by atoms with Crippen LogP contribution in [0, 0.1) is 0 Å². The molecule has 0 aliphatic heterocycles. The van der Waals surface area contributed by atoms with E-state index in [0.29, 0.717) is 25.7 Å². The summed E-state index contributed by atoms with van der Waals surface area (Å²) in [5.41, 5.74) is 2.59. The van der Waals surface area contributed by atoms with Gasteiger partial charge in [0.25, 0.3) is 0 Å². The maximum absolute atomic E-state index is 6.57. The molecule has 0 aliphatic rings. The van der Waals surface area contributed by atoms with Gasteiger partial charge >= 0.3 is 0 Å². The zero-order valence-corrected chi connectivity index (χ0v) is 15.4. The molecule has 0 bridgehead atoms. The predicted octanol–water partition coefficient (Wildman–Crippen LogP) is 5.25. The standard InChI is InChI=1S/C23H23ClO2/c24-16-17-25-18-19-26-23(20-10-4-1-5-11-20,21-12-6-2-7-13-21)22-14-8-3-9-15-22/h1-15H,16-19H2. The summed E-state index contributed by atoms with van der Waals surface area (Å²) in [5, 5.41) is 0. The lowest BCUT2D eigenvalue weighted by Gasteiger charge is -2.36. The Morgan fingerprint density at radius 3 is 1.38 bits per heavy atom. The molecule has 0 aliphatic carbocycles. The predicted molar refractivity (Wildman–Crippen MR) is 107 cm³/mol. The average Bonchev–Trinajstić information content (AvgIpc) is 2.73. The Kier molecular flexibility index (Phi) is 6.84. The van der Waals surface area contributed by atoms with Crippen LogP contribution in [0.3, 0.4) is 0 Å². The second-order valence-electron chi connectivity index (χ2n) is 5.93. The Balaban J connectivity index is 2.06. The topological polar surface area (TPSA) is 18.5 Å². The fourth-order valence-corrected chi connectivity index (χ4v) is 3.29. The zero-order chi connectivity index (χ0) is 18.1. The second kappa shape index (κ2) is 9.54. The van der Waals surface area contributed by atoms with Crippen molar-refractivity contribution in [3.05, 3.63) is 108 Å². The summed E-state index contributed by atoms with van der Waals surface area (Å²) in [5.74, 6) is 0.487. The molecular formula is C23H23ClO2. The maximum Gasteiger partial charge on any atom is 0.143 e. The van der Waals surface area contributed by atoms with E-state index in [-0.39, 0.29) is 0 Å². The molecule has 26 heavy (non-hydrogen) atoms. The number of alkyl halides is 1. The molecule has 3 rings (SSSR count). The van der Waals surface area contributed by atoms with Crippen molar-refractivity contribution in [2.45, 2.75) is 5.60 Å². The van der Waals surface area contributed by atoms with Crippen molar-refractivity contribution in [2.24, 2.45) is 0 Å². The Labute approximate surface area is 160 Å². The van der Waals surface area contributed by atoms with Gasteiger partial charge in [-0.25, -0.2) is 0 Å². The summed E-state index contributed by atoms with van der Waals surface area (Å²) in [7, 11) is 0. The molecule has 0 heterocycles. The lowest BCUT2D eigenvalue weighted by Crippen LogP contribution is -2.34. The van der Waals surface area contributed by atoms with Crippen LogP contribution in [-0.4, -0.2) is 25.7 Å². The fraction of sp³-hybridized carbons (Fsp3) is 0.217. The normalized spacial score (nSPS) is 11.4. The number of hydrogen-bond donors (Lipinski definition) is 0. The first-order valence-electron chi connectivity index (χ1n) is 8.82. The van der Waals surface area contributed by atoms with E-state index in [1.54, 1.807) is 0 Å². The highest BCUT2D eigenvalue weighted by molar-refractivity contribution is 6.17. The summed E-state index contributed by atoms with van der Waals surface area (Å²) in [6.07, 6.45) is 0. The minimum atomic E-state index is -0.686. The Bertz CT molecular complexity index is 663. The van der Waals surface area contributed by atoms with Gasteiger partial charge in [-0.2, -0.15) is 0 Å². The Morgan fingerprint density at radius 2 is 1.00 bits per heavy atom. The van der Waals surface area contributed by atoms with Crippen LogP contribution in [-0.2, 0) is 15.1 Å². The number of ether oxygens (including phenoxy) is 2. The van der Waals surface area contributed by atoms with Gasteiger partial charge in [0.05, 0.1) is 19.8 Å². The Morgan fingerprint density at radius 1 is 0.577 bits per heavy atom. The molecule has 3 heteroatoms. The highest BCUT2D eigenvalue weighted by Gasteiger charge is 2.37. The minimum absolute atomic E-state index is 0.468. The molecule has 0 unspecified atom stereocenters. The molecule has 0 spiro atoms. The monoisotopic (exact) mass is 366 g/mol. The average molecular weight is 367 g/mol. The van der Waals surface area contributed by atoms with E-state index in [0.717, 1.165) is 16.7 Å². The largest absolute Gasteiger partial charge is 0.378 e. The number of hydrogen-bond acceptors (Lipinski definition) is 2. The first-order chi connectivity index (χ1) is 12.9. The highest BCUT2D eigenvalue weighted by Crippen LogP contribution is 2.40. The van der Waals surface area contributed by atoms with Crippen LogP contribution >= 0.6 is 11.6 Å². The van der Waals surface area contributed by atoms with E-state index >= 15 is 0 Å². The molecule has 0 radical (unpaired) electrons. The SMILES string of the molecule is ClCCOCCOC(c1ccccc1)(c1ccccc1)c1ccccc1. The van der Waals surface area contributed by atoms with Gasteiger partial charge < -0.3 is 9.47 Å². The Hall–Kier alpha value is -2.13. The highest BCUT2D eigenvalue weighted by atomic mass is 35.5. The van der Waals surface area contributed by atoms with E-state index in [1.165, 1.54) is 0 Å². The van der Waals surface area contributed by atoms with Crippen LogP contribution in [0.15, 0.2) is 91.0 Å². The third-order valence-corrected chi connectivity index (χ3v) is 4.46. The van der Waals surface area contributed by atoms with Crippen molar-refractivity contribution >= 4 is 11.6 Å². The van der Waals surface area contributed by atoms with Gasteiger partial charge in [-0.1, -0.05) is 91.0 Å². The fourth-order valence-electron chi connectivity index (χ4n) is 3.18. The van der Waals surface area contributed by atoms with Crippen LogP contribution < -0.4 is 0 Å². The van der Waals surface area contributed by atoms with Crippen molar-refractivity contribution in [1.82, 2.24) is 0 Å². The van der Waals surface area contributed by atoms with Gasteiger partial charge in [-0.3, -0.25) is 0 Å². The minimum Gasteiger partial charge on any atom is -0.378 e. The van der Waals surface area contributed by atoms with Gasteiger partial charge in [0.15, 0.2) is 0 Å². The van der Waals surface area contributed by atoms with Gasteiger partial charge in [-0.05, 0) is 16.7 Å². The van der Waals surface area contributed by atoms with Crippen molar-refractivity contribution < 1.29 is 9.47 Å². The quantitative estimate of drug-likeness (QED) is 0.292. The summed E-state index contributed by atoms with van der Waals surface area (Å²) in [4.78, 5) is 0. The van der Waals surface area contributed by atoms with Gasteiger partial charge in [0, 0.05) is 5.88 Å². The summed E-state index contributed by atoms with van der Waals surface area (Å²) >= 11 is 5.69. The van der Waals surface area contributed by atoms with Crippen LogP contribution in [0.2, 0.25) is 0 Å². The molecule has 2 nitrogen and oxygen atoms in total. The lowest BCUT2D eigenvalue weighted by molar-refractivity contribution is -0.0215. The number of halogens is 1. The molecule has 0 saturated heterocycles. The smallest absolute Gasteiger partial charge is 0.143 e. The van der Waals surface area contributed by atoms with Crippen molar-refractivity contribution in [3.8, 4) is 0 Å². The number of rotatable bonds is 9. The van der Waals surface area contributed by atoms with Crippen LogP contribution in [0.1, 0.15) is 16.7 Å². The zero-order valence-electron chi connectivity index (χ0n) is 14.7. The molecule has 3 aromatic carbocycles. The molecule has 0 fully saturated rings. The third-order valence-electron chi connectivity index (χ3n) is 4.31. The van der Waals surface area contributed by atoms with Crippen LogP contribution in [0.5, 0.6) is 0 Å². The summed E-state index contributed by atoms with van der Waals surface area (Å²) in [6, 6.07) is 31.0. The number of benzene rings is 3. The molecule has 0 atom stereocenters. The molecule has 3 aromatic rings. The van der Waals surface area contributed by atoms with Crippen molar-refractivity contribution in [1.29, 1.82) is 0 Å². The first kappa shape index (κ1) is 18.7. The molecule has 0 saturated carbocycles. The lowest BCUT2D eigenvalue weighted by atomic mass is 9.80. The van der Waals surface area contributed by atoms with E-state index in [2.05, 4.69) is 36.4 Å². The molecule has 0 aromatic heterocycles. The first-order valence-corrected chi connectivity index (χ1v) is 9.35. The summed E-state index contributed by atoms with van der Waals surface area (Å²) in [6.45, 7) is 1.50. The van der Waals surface area contributed by atoms with E-state index < -0.39 is 5.60 Å².